The summed E-state index contributed by atoms with van der Waals surface area (Å²) < 4.78 is 67.6. The van der Waals surface area contributed by atoms with Crippen molar-refractivity contribution in [3.8, 4) is 0 Å². The second kappa shape index (κ2) is 27.3. The lowest BCUT2D eigenvalue weighted by molar-refractivity contribution is -0.392. The van der Waals surface area contributed by atoms with Crippen LogP contribution in [0.15, 0.2) is 72.3 Å². The average Bonchev–Trinajstić information content (AvgIpc) is 0.669. The lowest BCUT2D eigenvalue weighted by Gasteiger charge is -2.72. The number of hydrogen-bond donors (Lipinski definition) is 12. The Hall–Kier alpha value is -4.70. The third kappa shape index (κ3) is 12.5. The Kier molecular flexibility index (Phi) is 20.7. The second-order valence-corrected chi connectivity index (χ2v) is 30.2. The van der Waals surface area contributed by atoms with E-state index in [1.807, 2.05) is 27.7 Å². The van der Waals surface area contributed by atoms with Crippen LogP contribution in [0.5, 0.6) is 0 Å². The molecule has 4 saturated carbocycles. The van der Waals surface area contributed by atoms with Crippen molar-refractivity contribution in [2.75, 3.05) is 19.8 Å². The Morgan fingerprint density at radius 3 is 1.82 bits per heavy atom. The molecule has 27 heteroatoms. The van der Waals surface area contributed by atoms with E-state index in [1.165, 1.54) is 19.1 Å². The van der Waals surface area contributed by atoms with Crippen LogP contribution in [0, 0.1) is 50.2 Å². The van der Waals surface area contributed by atoms with E-state index in [0.29, 0.717) is 32.1 Å². The van der Waals surface area contributed by atoms with Gasteiger partial charge in [0.25, 0.3) is 0 Å². The van der Waals surface area contributed by atoms with E-state index < -0.39 is 223 Å². The van der Waals surface area contributed by atoms with Gasteiger partial charge in [-0.3, -0.25) is 4.79 Å². The molecule has 2 aromatic carbocycles. The topological polar surface area (TPSA) is 413 Å². The normalized spacial score (nSPS) is 46.5. The standard InChI is InChI=1S/C69H96O27/c1-31-50(91-58(84)33-16-12-10-13-17-33)52(92-59(85)34-18-14-11-15-19-34)49(80)62(88-31)96-56-55(81)69(30-87-32(2)71)36(26-64(56,3)4)35-20-21-40-66(7)24-23-42(65(5,6)39(66)22-25-67(40,8)68(35,9)27-41(69)73)90-63-54(95-61-47(78)45(76)44(75)38(28-70)89-61)51(48(79)53(94-63)57(82)83)93-60-46(77)43(74)37(72)29-86-60/h10-20,31,36-56,60-63,70,72-81H,21-30H2,1-9H3,(H,82,83)/t31-,36?,37+,38+,39?,40?,41+,42-,43-,44-,45-,46+,47+,48-,49+,50-,51-,52-,53-,54+,55+,56-,60-,61-,62-,63-,66-,67+,68+,69-/m0/s1. The Morgan fingerprint density at radius 2 is 1.21 bits per heavy atom. The molecule has 0 aromatic heterocycles. The Bertz CT molecular complexity index is 3130. The van der Waals surface area contributed by atoms with Crippen LogP contribution in [0.3, 0.4) is 0 Å². The monoisotopic (exact) mass is 1360 g/mol. The number of benzene rings is 2. The highest BCUT2D eigenvalue weighted by atomic mass is 16.8. The molecule has 0 bridgehead atoms. The Labute approximate surface area is 556 Å². The molecule has 5 aliphatic carbocycles. The fourth-order valence-electron chi connectivity index (χ4n) is 18.6. The van der Waals surface area contributed by atoms with Gasteiger partial charge in [0.1, 0.15) is 73.8 Å². The molecule has 11 rings (SSSR count). The number of hydrogen-bond acceptors (Lipinski definition) is 26. The van der Waals surface area contributed by atoms with E-state index in [9.17, 15) is 80.5 Å². The summed E-state index contributed by atoms with van der Waals surface area (Å²) in [6.45, 7) is 15.6. The first-order chi connectivity index (χ1) is 45.2. The van der Waals surface area contributed by atoms with Gasteiger partial charge in [-0.15, -0.1) is 0 Å². The van der Waals surface area contributed by atoms with E-state index in [-0.39, 0.29) is 35.8 Å². The maximum Gasteiger partial charge on any atom is 0.338 e. The minimum Gasteiger partial charge on any atom is -0.479 e. The molecule has 4 heterocycles. The van der Waals surface area contributed by atoms with Crippen molar-refractivity contribution in [3.05, 3.63) is 83.4 Å². The fourth-order valence-corrected chi connectivity index (χ4v) is 18.6. The van der Waals surface area contributed by atoms with Crippen molar-refractivity contribution in [2.45, 2.75) is 248 Å². The number of ether oxygens (including phenoxy) is 11. The van der Waals surface area contributed by atoms with Crippen molar-refractivity contribution < 1.29 is 133 Å². The van der Waals surface area contributed by atoms with Gasteiger partial charge in [0.05, 0.1) is 60.3 Å². The van der Waals surface area contributed by atoms with Gasteiger partial charge in [0, 0.05) is 6.92 Å². The number of rotatable bonds is 16. The lowest BCUT2D eigenvalue weighted by atomic mass is 9.33. The molecule has 9 aliphatic rings. The van der Waals surface area contributed by atoms with E-state index in [1.54, 1.807) is 55.5 Å². The van der Waals surface area contributed by atoms with Gasteiger partial charge in [-0.05, 0) is 121 Å². The lowest BCUT2D eigenvalue weighted by Crippen LogP contribution is -2.72. The molecule has 96 heavy (non-hydrogen) atoms. The number of aliphatic carboxylic acids is 1. The zero-order valence-corrected chi connectivity index (χ0v) is 55.4. The Morgan fingerprint density at radius 1 is 0.604 bits per heavy atom. The molecule has 534 valence electrons. The van der Waals surface area contributed by atoms with Crippen LogP contribution in [0.25, 0.3) is 0 Å². The van der Waals surface area contributed by atoms with Crippen molar-refractivity contribution in [2.24, 2.45) is 50.2 Å². The number of aliphatic hydroxyl groups is 11. The summed E-state index contributed by atoms with van der Waals surface area (Å²) in [5.74, 6) is -4.68. The molecular formula is C69H96O27. The van der Waals surface area contributed by atoms with E-state index in [4.69, 9.17) is 52.1 Å². The SMILES string of the molecule is CC(=O)OC[C@@]12C(CC(C)(C)[C@@H](O[C@@H]3O[C@@H](C)[C@H](OC(=O)c4ccccc4)[C@@H](OC(=O)c4ccccc4)[C@H]3O)[C@H]1O)C1=CCC3[C@@]4(C)CC[C@H](O[C@H]5O[C@H](C(=O)O)[C@@H](O)[C@H](O[C@@H]6OC[C@@H](O)[C@H](O)[C@H]6O)[C@H]5O[C@@H]5O[C@H](CO)[C@H](O)[C@H](O)[C@H]5O)C(C)(C)C4CC[C@@]3(C)[C@]1(C)C[C@H]2O. The largest absolute Gasteiger partial charge is 0.479 e. The van der Waals surface area contributed by atoms with Crippen LogP contribution >= 0.6 is 0 Å². The van der Waals surface area contributed by atoms with Crippen LogP contribution in [0.1, 0.15) is 128 Å². The van der Waals surface area contributed by atoms with Crippen LogP contribution in [0.2, 0.25) is 0 Å². The van der Waals surface area contributed by atoms with Gasteiger partial charge in [-0.1, -0.05) is 96.5 Å². The van der Waals surface area contributed by atoms with Gasteiger partial charge in [-0.2, -0.15) is 0 Å². The number of carbonyl (C=O) groups is 4. The van der Waals surface area contributed by atoms with Crippen molar-refractivity contribution >= 4 is 23.9 Å². The highest BCUT2D eigenvalue weighted by Gasteiger charge is 2.74. The van der Waals surface area contributed by atoms with Gasteiger partial charge in [-0.25, -0.2) is 14.4 Å². The molecule has 2 aromatic rings. The molecule has 0 radical (unpaired) electrons. The number of carbonyl (C=O) groups excluding carboxylic acids is 3. The number of fused-ring (bicyclic) bond motifs is 7. The molecular weight excluding hydrogens is 1260 g/mol. The second-order valence-electron chi connectivity index (χ2n) is 30.2. The summed E-state index contributed by atoms with van der Waals surface area (Å²) in [6.07, 6.45) is -33.0. The van der Waals surface area contributed by atoms with Crippen molar-refractivity contribution in [3.63, 3.8) is 0 Å². The number of carboxylic acid groups (broad SMARTS) is 1. The van der Waals surface area contributed by atoms with Crippen molar-refractivity contribution in [1.82, 2.24) is 0 Å². The number of esters is 3. The van der Waals surface area contributed by atoms with E-state index in [0.717, 1.165) is 5.57 Å². The predicted octanol–water partition coefficient (Wildman–Crippen LogP) is 1.41. The predicted molar refractivity (Wildman–Crippen MR) is 329 cm³/mol. The highest BCUT2D eigenvalue weighted by Crippen LogP contribution is 2.76. The zero-order chi connectivity index (χ0) is 69.7. The minimum atomic E-state index is -2.14. The summed E-state index contributed by atoms with van der Waals surface area (Å²) in [6, 6.07) is 16.2. The highest BCUT2D eigenvalue weighted by molar-refractivity contribution is 5.90. The first kappa shape index (κ1) is 72.5. The minimum absolute atomic E-state index is 0.0523. The smallest absolute Gasteiger partial charge is 0.338 e. The molecule has 4 aliphatic heterocycles. The first-order valence-corrected chi connectivity index (χ1v) is 33.4. The maximum absolute atomic E-state index is 13.8. The van der Waals surface area contributed by atoms with Gasteiger partial charge < -0.3 is 113 Å². The summed E-state index contributed by atoms with van der Waals surface area (Å²) in [7, 11) is 0. The molecule has 0 amide bonds. The number of allylic oxidation sites excluding steroid dienone is 2. The molecule has 0 spiro atoms. The molecule has 30 atom stereocenters. The van der Waals surface area contributed by atoms with Gasteiger partial charge in [0.15, 0.2) is 43.5 Å². The van der Waals surface area contributed by atoms with E-state index >= 15 is 0 Å². The summed E-state index contributed by atoms with van der Waals surface area (Å²) in [5.41, 5.74) is -3.75. The number of aliphatic hydroxyl groups excluding tert-OH is 11. The summed E-state index contributed by atoms with van der Waals surface area (Å²) in [4.78, 5) is 53.3. The van der Waals surface area contributed by atoms with Crippen LogP contribution in [-0.2, 0) is 61.7 Å². The van der Waals surface area contributed by atoms with Crippen LogP contribution < -0.4 is 0 Å². The van der Waals surface area contributed by atoms with Crippen LogP contribution in [-0.4, -0.2) is 246 Å². The summed E-state index contributed by atoms with van der Waals surface area (Å²) in [5, 5.41) is 136. The van der Waals surface area contributed by atoms with Crippen molar-refractivity contribution in [1.29, 1.82) is 0 Å². The third-order valence-corrected chi connectivity index (χ3v) is 24.1. The molecule has 3 unspecified atom stereocenters. The first-order valence-electron chi connectivity index (χ1n) is 33.4. The summed E-state index contributed by atoms with van der Waals surface area (Å²) >= 11 is 0. The quantitative estimate of drug-likeness (QED) is 0.0489. The molecule has 8 fully saturated rings. The molecule has 4 saturated heterocycles. The fraction of sp³-hybridized carbons (Fsp3) is 0.739. The van der Waals surface area contributed by atoms with Gasteiger partial charge in [0.2, 0.25) is 0 Å². The Balaban J connectivity index is 0.872. The average molecular weight is 1360 g/mol. The maximum atomic E-state index is 13.8. The van der Waals surface area contributed by atoms with Crippen LogP contribution in [0.4, 0.5) is 0 Å². The zero-order valence-electron chi connectivity index (χ0n) is 55.4. The molecule has 12 N–H and O–H groups in total. The molecule has 27 nitrogen and oxygen atoms in total. The third-order valence-electron chi connectivity index (χ3n) is 24.1. The van der Waals surface area contributed by atoms with E-state index in [2.05, 4.69) is 26.8 Å². The number of carboxylic acids is 1. The van der Waals surface area contributed by atoms with Gasteiger partial charge >= 0.3 is 23.9 Å².